The SMILES string of the molecule is CCCc1ncc2c(n1)CCN(Cc1ccccc1Br)C2. The van der Waals surface area contributed by atoms with Crippen molar-refractivity contribution < 1.29 is 0 Å². The maximum absolute atomic E-state index is 4.72. The van der Waals surface area contributed by atoms with Crippen LogP contribution in [0.2, 0.25) is 0 Å². The van der Waals surface area contributed by atoms with Crippen molar-refractivity contribution in [2.24, 2.45) is 0 Å². The second kappa shape index (κ2) is 6.67. The Labute approximate surface area is 134 Å². The zero-order valence-electron chi connectivity index (χ0n) is 12.3. The summed E-state index contributed by atoms with van der Waals surface area (Å²) in [4.78, 5) is 11.7. The number of nitrogens with zero attached hydrogens (tertiary/aromatic N) is 3. The lowest BCUT2D eigenvalue weighted by atomic mass is 10.1. The number of rotatable bonds is 4. The first kappa shape index (κ1) is 14.7. The van der Waals surface area contributed by atoms with Crippen molar-refractivity contribution in [3.63, 3.8) is 0 Å². The zero-order chi connectivity index (χ0) is 14.7. The van der Waals surface area contributed by atoms with Crippen LogP contribution in [-0.4, -0.2) is 21.4 Å². The first-order chi connectivity index (χ1) is 10.3. The number of benzene rings is 1. The van der Waals surface area contributed by atoms with E-state index in [2.05, 4.69) is 57.0 Å². The summed E-state index contributed by atoms with van der Waals surface area (Å²) in [5, 5.41) is 0. The van der Waals surface area contributed by atoms with Crippen LogP contribution in [0.25, 0.3) is 0 Å². The molecule has 0 saturated carbocycles. The molecule has 0 atom stereocenters. The summed E-state index contributed by atoms with van der Waals surface area (Å²) in [7, 11) is 0. The highest BCUT2D eigenvalue weighted by molar-refractivity contribution is 9.10. The molecule has 21 heavy (non-hydrogen) atoms. The predicted octanol–water partition coefficient (Wildman–Crippen LogP) is 3.75. The Morgan fingerprint density at radius 2 is 2.14 bits per heavy atom. The van der Waals surface area contributed by atoms with Crippen molar-refractivity contribution >= 4 is 15.9 Å². The summed E-state index contributed by atoms with van der Waals surface area (Å²) < 4.78 is 1.19. The Morgan fingerprint density at radius 3 is 2.95 bits per heavy atom. The molecule has 110 valence electrons. The highest BCUT2D eigenvalue weighted by Gasteiger charge is 2.18. The Bertz CT molecular complexity index is 627. The van der Waals surface area contributed by atoms with E-state index < -0.39 is 0 Å². The second-order valence-electron chi connectivity index (χ2n) is 5.56. The van der Waals surface area contributed by atoms with Gasteiger partial charge in [-0.1, -0.05) is 41.1 Å². The molecule has 0 radical (unpaired) electrons. The number of fused-ring (bicyclic) bond motifs is 1. The molecule has 2 aromatic rings. The fraction of sp³-hybridized carbons (Fsp3) is 0.412. The summed E-state index contributed by atoms with van der Waals surface area (Å²) >= 11 is 3.63. The van der Waals surface area contributed by atoms with Crippen LogP contribution in [0.15, 0.2) is 34.9 Å². The van der Waals surface area contributed by atoms with Crippen LogP contribution in [0.1, 0.15) is 36.0 Å². The molecule has 0 N–H and O–H groups in total. The van der Waals surface area contributed by atoms with Crippen molar-refractivity contribution in [3.05, 3.63) is 57.6 Å². The number of hydrogen-bond donors (Lipinski definition) is 0. The van der Waals surface area contributed by atoms with Crippen LogP contribution >= 0.6 is 15.9 Å². The van der Waals surface area contributed by atoms with Gasteiger partial charge >= 0.3 is 0 Å². The van der Waals surface area contributed by atoms with Crippen LogP contribution in [0.4, 0.5) is 0 Å². The van der Waals surface area contributed by atoms with Gasteiger partial charge in [0.15, 0.2) is 0 Å². The van der Waals surface area contributed by atoms with E-state index in [1.807, 2.05) is 6.20 Å². The van der Waals surface area contributed by atoms with Gasteiger partial charge in [0.1, 0.15) is 5.82 Å². The molecule has 1 aliphatic rings. The van der Waals surface area contributed by atoms with Crippen LogP contribution < -0.4 is 0 Å². The molecule has 0 bridgehead atoms. The Morgan fingerprint density at radius 1 is 1.29 bits per heavy atom. The summed E-state index contributed by atoms with van der Waals surface area (Å²) in [6, 6.07) is 8.44. The van der Waals surface area contributed by atoms with E-state index in [4.69, 9.17) is 4.98 Å². The van der Waals surface area contributed by atoms with Gasteiger partial charge in [0.25, 0.3) is 0 Å². The summed E-state index contributed by atoms with van der Waals surface area (Å²) in [5.74, 6) is 0.996. The van der Waals surface area contributed by atoms with Gasteiger partial charge in [0.05, 0.1) is 0 Å². The van der Waals surface area contributed by atoms with Crippen molar-refractivity contribution in [3.8, 4) is 0 Å². The van der Waals surface area contributed by atoms with E-state index in [1.54, 1.807) is 0 Å². The highest BCUT2D eigenvalue weighted by Crippen LogP contribution is 2.22. The fourth-order valence-electron chi connectivity index (χ4n) is 2.76. The molecule has 3 nitrogen and oxygen atoms in total. The number of aromatic nitrogens is 2. The molecule has 0 unspecified atom stereocenters. The molecule has 0 fully saturated rings. The lowest BCUT2D eigenvalue weighted by Crippen LogP contribution is -2.31. The van der Waals surface area contributed by atoms with Gasteiger partial charge in [0, 0.05) is 54.4 Å². The number of hydrogen-bond acceptors (Lipinski definition) is 3. The minimum absolute atomic E-state index is 0.947. The minimum atomic E-state index is 0.947. The van der Waals surface area contributed by atoms with Crippen LogP contribution in [0.3, 0.4) is 0 Å². The van der Waals surface area contributed by atoms with Crippen LogP contribution in [0.5, 0.6) is 0 Å². The van der Waals surface area contributed by atoms with Crippen molar-refractivity contribution in [1.82, 2.24) is 14.9 Å². The Balaban J connectivity index is 1.71. The maximum Gasteiger partial charge on any atom is 0.128 e. The first-order valence-corrected chi connectivity index (χ1v) is 8.35. The lowest BCUT2D eigenvalue weighted by Gasteiger charge is -2.28. The largest absolute Gasteiger partial charge is 0.294 e. The van der Waals surface area contributed by atoms with E-state index in [-0.39, 0.29) is 0 Å². The molecule has 2 heterocycles. The van der Waals surface area contributed by atoms with Gasteiger partial charge in [-0.2, -0.15) is 0 Å². The van der Waals surface area contributed by atoms with Gasteiger partial charge in [-0.15, -0.1) is 0 Å². The number of halogens is 1. The molecule has 1 aliphatic heterocycles. The first-order valence-electron chi connectivity index (χ1n) is 7.55. The molecule has 0 spiro atoms. The molecule has 0 aliphatic carbocycles. The van der Waals surface area contributed by atoms with E-state index in [1.165, 1.54) is 21.3 Å². The zero-order valence-corrected chi connectivity index (χ0v) is 13.9. The maximum atomic E-state index is 4.72. The van der Waals surface area contributed by atoms with Crippen molar-refractivity contribution in [2.45, 2.75) is 39.3 Å². The average Bonchev–Trinajstić information content (AvgIpc) is 2.50. The lowest BCUT2D eigenvalue weighted by molar-refractivity contribution is 0.242. The molecule has 0 saturated heterocycles. The molecular formula is C17H20BrN3. The topological polar surface area (TPSA) is 29.0 Å². The van der Waals surface area contributed by atoms with Gasteiger partial charge in [-0.3, -0.25) is 4.90 Å². The molecular weight excluding hydrogens is 326 g/mol. The number of aryl methyl sites for hydroxylation is 1. The van der Waals surface area contributed by atoms with Crippen molar-refractivity contribution in [1.29, 1.82) is 0 Å². The third-order valence-corrected chi connectivity index (χ3v) is 4.66. The Hall–Kier alpha value is -1.26. The third-order valence-electron chi connectivity index (χ3n) is 3.89. The monoisotopic (exact) mass is 345 g/mol. The smallest absolute Gasteiger partial charge is 0.128 e. The highest BCUT2D eigenvalue weighted by atomic mass is 79.9. The van der Waals surface area contributed by atoms with Gasteiger partial charge < -0.3 is 0 Å². The molecule has 1 aromatic carbocycles. The Kier molecular flexibility index (Phi) is 4.66. The molecule has 1 aromatic heterocycles. The molecule has 4 heteroatoms. The van der Waals surface area contributed by atoms with Crippen LogP contribution in [-0.2, 0) is 25.9 Å². The molecule has 0 amide bonds. The standard InChI is InChI=1S/C17H20BrN3/c1-2-5-17-19-10-14-12-21(9-8-16(14)20-17)11-13-6-3-4-7-15(13)18/h3-4,6-7,10H,2,5,8-9,11-12H2,1H3. The average molecular weight is 346 g/mol. The minimum Gasteiger partial charge on any atom is -0.294 e. The fourth-order valence-corrected chi connectivity index (χ4v) is 3.17. The van der Waals surface area contributed by atoms with E-state index >= 15 is 0 Å². The van der Waals surface area contributed by atoms with E-state index in [9.17, 15) is 0 Å². The molecule has 3 rings (SSSR count). The quantitative estimate of drug-likeness (QED) is 0.844. The van der Waals surface area contributed by atoms with Gasteiger partial charge in [-0.05, 0) is 18.1 Å². The van der Waals surface area contributed by atoms with E-state index in [0.717, 1.165) is 44.7 Å². The summed E-state index contributed by atoms with van der Waals surface area (Å²) in [6.45, 7) is 5.15. The second-order valence-corrected chi connectivity index (χ2v) is 6.41. The van der Waals surface area contributed by atoms with Crippen LogP contribution in [0, 0.1) is 0 Å². The summed E-state index contributed by atoms with van der Waals surface area (Å²) in [6.07, 6.45) is 5.14. The van der Waals surface area contributed by atoms with Gasteiger partial charge in [-0.25, -0.2) is 9.97 Å². The predicted molar refractivity (Wildman–Crippen MR) is 88.0 cm³/mol. The normalized spacial score (nSPS) is 15.0. The van der Waals surface area contributed by atoms with E-state index in [0.29, 0.717) is 0 Å². The van der Waals surface area contributed by atoms with Gasteiger partial charge in [0.2, 0.25) is 0 Å². The van der Waals surface area contributed by atoms with Crippen molar-refractivity contribution in [2.75, 3.05) is 6.54 Å². The summed E-state index contributed by atoms with van der Waals surface area (Å²) in [5.41, 5.74) is 3.87. The third kappa shape index (κ3) is 3.50.